The second-order valence-electron chi connectivity index (χ2n) is 3.57. The fourth-order valence-electron chi connectivity index (χ4n) is 1.28. The first-order valence-corrected chi connectivity index (χ1v) is 5.76. The third-order valence-electron chi connectivity index (χ3n) is 2.23. The highest BCUT2D eigenvalue weighted by atomic mass is 79.9. The van der Waals surface area contributed by atoms with Gasteiger partial charge < -0.3 is 16.0 Å². The molecule has 0 spiro atoms. The number of amides is 2. The lowest BCUT2D eigenvalue weighted by molar-refractivity contribution is -0.121. The molecule has 2 amide bonds. The summed E-state index contributed by atoms with van der Waals surface area (Å²) in [5, 5.41) is 2.46. The number of nitrogens with zero attached hydrogens (tertiary/aromatic N) is 1. The Balaban J connectivity index is 2.88. The number of halogens is 1. The van der Waals surface area contributed by atoms with E-state index in [0.717, 1.165) is 0 Å². The van der Waals surface area contributed by atoms with Gasteiger partial charge in [-0.25, -0.2) is 0 Å². The van der Waals surface area contributed by atoms with Crippen molar-refractivity contribution in [3.05, 3.63) is 28.2 Å². The molecular formula is C11H14BrN3O2. The molecule has 0 saturated carbocycles. The predicted octanol–water partition coefficient (Wildman–Crippen LogP) is 0.849. The number of benzene rings is 1. The predicted molar refractivity (Wildman–Crippen MR) is 69.6 cm³/mol. The highest BCUT2D eigenvalue weighted by molar-refractivity contribution is 9.10. The molecule has 0 bridgehead atoms. The number of nitrogens with two attached hydrogens (primary N) is 1. The first-order chi connectivity index (χ1) is 7.95. The van der Waals surface area contributed by atoms with Gasteiger partial charge in [0.2, 0.25) is 5.91 Å². The second-order valence-corrected chi connectivity index (χ2v) is 4.43. The molecule has 0 saturated heterocycles. The van der Waals surface area contributed by atoms with E-state index in [2.05, 4.69) is 21.2 Å². The number of rotatable bonds is 3. The summed E-state index contributed by atoms with van der Waals surface area (Å²) in [5.41, 5.74) is 6.57. The summed E-state index contributed by atoms with van der Waals surface area (Å²) in [4.78, 5) is 24.5. The number of hydrogen-bond acceptors (Lipinski definition) is 3. The molecular weight excluding hydrogens is 286 g/mol. The van der Waals surface area contributed by atoms with Crippen molar-refractivity contribution >= 4 is 33.4 Å². The lowest BCUT2D eigenvalue weighted by atomic mass is 10.2. The molecule has 0 aliphatic heterocycles. The Morgan fingerprint density at radius 3 is 2.71 bits per heavy atom. The Hall–Kier alpha value is -1.56. The maximum absolute atomic E-state index is 12.0. The third-order valence-corrected chi connectivity index (χ3v) is 2.92. The Kier molecular flexibility index (Phi) is 4.51. The van der Waals surface area contributed by atoms with Crippen molar-refractivity contribution in [1.82, 2.24) is 10.2 Å². The van der Waals surface area contributed by atoms with Crippen molar-refractivity contribution in [3.8, 4) is 0 Å². The van der Waals surface area contributed by atoms with E-state index < -0.39 is 0 Å². The van der Waals surface area contributed by atoms with E-state index in [1.165, 1.54) is 11.9 Å². The minimum absolute atomic E-state index is 0.0105. The summed E-state index contributed by atoms with van der Waals surface area (Å²) < 4.78 is 0.653. The van der Waals surface area contributed by atoms with Gasteiger partial charge in [0, 0.05) is 24.3 Å². The average Bonchev–Trinajstić information content (AvgIpc) is 2.31. The van der Waals surface area contributed by atoms with E-state index in [4.69, 9.17) is 5.73 Å². The molecule has 5 nitrogen and oxygen atoms in total. The number of nitrogen functional groups attached to an aromatic ring is 1. The molecule has 92 valence electrons. The van der Waals surface area contributed by atoms with E-state index in [-0.39, 0.29) is 18.4 Å². The number of carbonyl (C=O) groups is 2. The van der Waals surface area contributed by atoms with Gasteiger partial charge in [0.25, 0.3) is 5.91 Å². The summed E-state index contributed by atoms with van der Waals surface area (Å²) in [6.07, 6.45) is 0. The van der Waals surface area contributed by atoms with Gasteiger partial charge in [-0.2, -0.15) is 0 Å². The zero-order valence-corrected chi connectivity index (χ0v) is 11.2. The van der Waals surface area contributed by atoms with Gasteiger partial charge in [-0.15, -0.1) is 0 Å². The minimum atomic E-state index is -0.257. The number of anilines is 1. The van der Waals surface area contributed by atoms with Crippen molar-refractivity contribution < 1.29 is 9.59 Å². The van der Waals surface area contributed by atoms with Crippen molar-refractivity contribution in [3.63, 3.8) is 0 Å². The quantitative estimate of drug-likeness (QED) is 0.813. The fraction of sp³-hybridized carbons (Fsp3) is 0.273. The maximum atomic E-state index is 12.0. The van der Waals surface area contributed by atoms with Crippen LogP contribution in [0.4, 0.5) is 5.69 Å². The van der Waals surface area contributed by atoms with Crippen molar-refractivity contribution in [2.45, 2.75) is 0 Å². The highest BCUT2D eigenvalue weighted by Crippen LogP contribution is 2.20. The lowest BCUT2D eigenvalue weighted by Crippen LogP contribution is -2.37. The van der Waals surface area contributed by atoms with Gasteiger partial charge in [-0.05, 0) is 34.1 Å². The second kappa shape index (κ2) is 5.67. The van der Waals surface area contributed by atoms with Crippen LogP contribution in [0.5, 0.6) is 0 Å². The molecule has 1 rings (SSSR count). The Morgan fingerprint density at radius 1 is 1.47 bits per heavy atom. The average molecular weight is 300 g/mol. The summed E-state index contributed by atoms with van der Waals surface area (Å²) in [5.74, 6) is -0.478. The van der Waals surface area contributed by atoms with Crippen LogP contribution in [0, 0.1) is 0 Å². The molecule has 1 aromatic carbocycles. The van der Waals surface area contributed by atoms with Crippen LogP contribution in [0.15, 0.2) is 22.7 Å². The van der Waals surface area contributed by atoms with Crippen LogP contribution < -0.4 is 11.1 Å². The summed E-state index contributed by atoms with van der Waals surface area (Å²) in [6, 6.07) is 4.97. The summed E-state index contributed by atoms with van der Waals surface area (Å²) in [7, 11) is 3.09. The Bertz CT molecular complexity index is 448. The van der Waals surface area contributed by atoms with Gasteiger partial charge in [0.15, 0.2) is 0 Å². The van der Waals surface area contributed by atoms with Gasteiger partial charge >= 0.3 is 0 Å². The zero-order chi connectivity index (χ0) is 13.0. The standard InChI is InChI=1S/C11H14BrN3O2/c1-14-10(16)6-15(2)11(17)8-5-7(13)3-4-9(8)12/h3-5H,6,13H2,1-2H3,(H,14,16). The largest absolute Gasteiger partial charge is 0.399 e. The molecule has 0 aliphatic rings. The minimum Gasteiger partial charge on any atom is -0.399 e. The number of hydrogen-bond donors (Lipinski definition) is 2. The Labute approximate surface area is 108 Å². The fourth-order valence-corrected chi connectivity index (χ4v) is 1.69. The first-order valence-electron chi connectivity index (χ1n) is 4.96. The van der Waals surface area contributed by atoms with E-state index in [1.807, 2.05) is 0 Å². The van der Waals surface area contributed by atoms with Crippen molar-refractivity contribution in [2.75, 3.05) is 26.4 Å². The number of nitrogens with one attached hydrogen (secondary N) is 1. The molecule has 0 aliphatic carbocycles. The molecule has 0 radical (unpaired) electrons. The first kappa shape index (κ1) is 13.5. The van der Waals surface area contributed by atoms with Crippen LogP contribution in [-0.4, -0.2) is 37.4 Å². The van der Waals surface area contributed by atoms with Crippen LogP contribution in [0.25, 0.3) is 0 Å². The topological polar surface area (TPSA) is 75.4 Å². The van der Waals surface area contributed by atoms with Crippen LogP contribution in [0.1, 0.15) is 10.4 Å². The van der Waals surface area contributed by atoms with Gasteiger partial charge in [0.1, 0.15) is 0 Å². The monoisotopic (exact) mass is 299 g/mol. The van der Waals surface area contributed by atoms with Crippen LogP contribution in [0.2, 0.25) is 0 Å². The molecule has 3 N–H and O–H groups in total. The van der Waals surface area contributed by atoms with E-state index in [1.54, 1.807) is 25.2 Å². The lowest BCUT2D eigenvalue weighted by Gasteiger charge is -2.17. The van der Waals surface area contributed by atoms with E-state index in [9.17, 15) is 9.59 Å². The zero-order valence-electron chi connectivity index (χ0n) is 9.66. The molecule has 1 aromatic rings. The SMILES string of the molecule is CNC(=O)CN(C)C(=O)c1cc(N)ccc1Br. The number of carbonyl (C=O) groups excluding carboxylic acids is 2. The number of likely N-dealkylation sites (N-methyl/N-ethyl adjacent to an activating group) is 2. The van der Waals surface area contributed by atoms with Crippen LogP contribution in [-0.2, 0) is 4.79 Å². The summed E-state index contributed by atoms with van der Waals surface area (Å²) >= 11 is 3.28. The molecule has 17 heavy (non-hydrogen) atoms. The highest BCUT2D eigenvalue weighted by Gasteiger charge is 2.16. The molecule has 0 aromatic heterocycles. The molecule has 0 fully saturated rings. The van der Waals surface area contributed by atoms with Crippen molar-refractivity contribution in [2.24, 2.45) is 0 Å². The molecule has 6 heteroatoms. The van der Waals surface area contributed by atoms with Crippen molar-refractivity contribution in [1.29, 1.82) is 0 Å². The smallest absolute Gasteiger partial charge is 0.255 e. The molecule has 0 unspecified atom stereocenters. The normalized spacial score (nSPS) is 9.82. The van der Waals surface area contributed by atoms with Gasteiger partial charge in [0.05, 0.1) is 12.1 Å². The van der Waals surface area contributed by atoms with E-state index >= 15 is 0 Å². The van der Waals surface area contributed by atoms with Crippen LogP contribution in [0.3, 0.4) is 0 Å². The summed E-state index contributed by atoms with van der Waals surface area (Å²) in [6.45, 7) is 0.0105. The Morgan fingerprint density at radius 2 is 2.12 bits per heavy atom. The van der Waals surface area contributed by atoms with Crippen LogP contribution >= 0.6 is 15.9 Å². The van der Waals surface area contributed by atoms with Gasteiger partial charge in [-0.3, -0.25) is 9.59 Å². The molecule has 0 atom stereocenters. The maximum Gasteiger partial charge on any atom is 0.255 e. The van der Waals surface area contributed by atoms with Gasteiger partial charge in [-0.1, -0.05) is 0 Å². The van der Waals surface area contributed by atoms with E-state index in [0.29, 0.717) is 15.7 Å². The molecule has 0 heterocycles. The third kappa shape index (κ3) is 3.45.